The molecular formula is C24H23NO8. The molecule has 0 aromatic heterocycles. The molecule has 2 aliphatic heterocycles. The Morgan fingerprint density at radius 3 is 1.39 bits per heavy atom. The lowest BCUT2D eigenvalue weighted by molar-refractivity contribution is -0.165. The van der Waals surface area contributed by atoms with E-state index in [9.17, 15) is 19.2 Å². The molecule has 172 valence electrons. The highest BCUT2D eigenvalue weighted by Gasteiger charge is 2.77. The Labute approximate surface area is 190 Å². The van der Waals surface area contributed by atoms with Crippen LogP contribution in [0.3, 0.4) is 0 Å². The van der Waals surface area contributed by atoms with E-state index >= 15 is 0 Å². The lowest BCUT2D eigenvalue weighted by Crippen LogP contribution is -2.55. The molecule has 0 radical (unpaired) electrons. The van der Waals surface area contributed by atoms with Crippen LogP contribution in [0.25, 0.3) is 0 Å². The number of esters is 4. The van der Waals surface area contributed by atoms with Crippen molar-refractivity contribution in [2.45, 2.75) is 23.9 Å². The van der Waals surface area contributed by atoms with Crippen LogP contribution in [0.15, 0.2) is 60.7 Å². The summed E-state index contributed by atoms with van der Waals surface area (Å²) < 4.78 is 21.0. The summed E-state index contributed by atoms with van der Waals surface area (Å²) in [4.78, 5) is 52.7. The van der Waals surface area contributed by atoms with Gasteiger partial charge in [0.05, 0.1) is 14.2 Å². The highest BCUT2D eigenvalue weighted by Crippen LogP contribution is 2.54. The monoisotopic (exact) mass is 453 g/mol. The second-order valence-electron chi connectivity index (χ2n) is 7.97. The van der Waals surface area contributed by atoms with Crippen molar-refractivity contribution in [2.24, 2.45) is 11.8 Å². The quantitative estimate of drug-likeness (QED) is 0.515. The molecule has 9 heteroatoms. The number of ether oxygens (including phenoxy) is 4. The average Bonchev–Trinajstić information content (AvgIpc) is 3.39. The summed E-state index contributed by atoms with van der Waals surface area (Å²) >= 11 is 0. The van der Waals surface area contributed by atoms with Gasteiger partial charge >= 0.3 is 23.9 Å². The molecule has 4 atom stereocenters. The Bertz CT molecular complexity index is 987. The maximum atomic E-state index is 13.4. The number of hydrogen-bond donors (Lipinski definition) is 1. The molecule has 2 fully saturated rings. The molecule has 2 saturated heterocycles. The van der Waals surface area contributed by atoms with Gasteiger partial charge in [0.15, 0.2) is 0 Å². The highest BCUT2D eigenvalue weighted by atomic mass is 16.6. The first kappa shape index (κ1) is 22.5. The van der Waals surface area contributed by atoms with Crippen molar-refractivity contribution in [1.82, 2.24) is 5.32 Å². The van der Waals surface area contributed by atoms with Crippen molar-refractivity contribution in [3.05, 3.63) is 60.7 Å². The smallest absolute Gasteiger partial charge is 0.327 e. The van der Waals surface area contributed by atoms with Crippen LogP contribution in [0.2, 0.25) is 0 Å². The molecular weight excluding hydrogens is 430 g/mol. The summed E-state index contributed by atoms with van der Waals surface area (Å²) in [7, 11) is 2.35. The Balaban J connectivity index is 1.79. The lowest BCUT2D eigenvalue weighted by Gasteiger charge is -2.35. The van der Waals surface area contributed by atoms with Gasteiger partial charge in [0.25, 0.3) is 0 Å². The summed E-state index contributed by atoms with van der Waals surface area (Å²) in [6, 6.07) is 16.5. The molecule has 33 heavy (non-hydrogen) atoms. The normalized spacial score (nSPS) is 27.5. The van der Waals surface area contributed by atoms with Crippen LogP contribution in [-0.4, -0.2) is 49.2 Å². The van der Waals surface area contributed by atoms with Crippen molar-refractivity contribution in [1.29, 1.82) is 0 Å². The van der Waals surface area contributed by atoms with E-state index in [0.717, 1.165) is 0 Å². The standard InChI is InChI=1S/C24H23NO8/c1-30-21(28)23-13-14-24(25-23,22(29)31-2)18(20(27)33-16-11-7-4-8-12-16)17(23)19(26)32-15-9-5-3-6-10-15/h3-12,17-18,25H,13-14H2,1-2H3/t17-,18-,23-,24+/m1/s1. The summed E-state index contributed by atoms with van der Waals surface area (Å²) in [5.41, 5.74) is -3.32. The molecule has 2 aromatic rings. The van der Waals surface area contributed by atoms with Gasteiger partial charge in [-0.3, -0.25) is 24.5 Å². The zero-order valence-corrected chi connectivity index (χ0v) is 18.1. The first-order chi connectivity index (χ1) is 15.9. The largest absolute Gasteiger partial charge is 0.468 e. The maximum Gasteiger partial charge on any atom is 0.327 e. The van der Waals surface area contributed by atoms with Gasteiger partial charge in [0.1, 0.15) is 34.4 Å². The van der Waals surface area contributed by atoms with Gasteiger partial charge in [-0.2, -0.15) is 0 Å². The minimum Gasteiger partial charge on any atom is -0.468 e. The molecule has 2 bridgehead atoms. The number of fused-ring (bicyclic) bond motifs is 2. The number of para-hydroxylation sites is 2. The summed E-state index contributed by atoms with van der Waals surface area (Å²) in [5, 5.41) is 2.94. The molecule has 0 saturated carbocycles. The minimum atomic E-state index is -1.66. The Hall–Kier alpha value is -3.72. The van der Waals surface area contributed by atoms with Crippen molar-refractivity contribution in [2.75, 3.05) is 14.2 Å². The van der Waals surface area contributed by atoms with Gasteiger partial charge in [-0.1, -0.05) is 36.4 Å². The third kappa shape index (κ3) is 3.64. The fourth-order valence-corrected chi connectivity index (χ4v) is 4.89. The number of methoxy groups -OCH3 is 2. The number of benzene rings is 2. The van der Waals surface area contributed by atoms with Gasteiger partial charge in [-0.25, -0.2) is 0 Å². The number of nitrogens with one attached hydrogen (secondary N) is 1. The van der Waals surface area contributed by atoms with E-state index in [-0.39, 0.29) is 24.3 Å². The lowest BCUT2D eigenvalue weighted by atomic mass is 9.66. The molecule has 1 N–H and O–H groups in total. The zero-order valence-electron chi connectivity index (χ0n) is 18.1. The van der Waals surface area contributed by atoms with Crippen molar-refractivity contribution in [3.63, 3.8) is 0 Å². The van der Waals surface area contributed by atoms with Crippen LogP contribution in [-0.2, 0) is 28.7 Å². The van der Waals surface area contributed by atoms with Crippen molar-refractivity contribution >= 4 is 23.9 Å². The van der Waals surface area contributed by atoms with Crippen molar-refractivity contribution in [3.8, 4) is 11.5 Å². The van der Waals surface area contributed by atoms with Crippen molar-refractivity contribution < 1.29 is 38.1 Å². The average molecular weight is 453 g/mol. The van der Waals surface area contributed by atoms with E-state index < -0.39 is 46.8 Å². The van der Waals surface area contributed by atoms with E-state index in [2.05, 4.69) is 5.32 Å². The fraction of sp³-hybridized carbons (Fsp3) is 0.333. The van der Waals surface area contributed by atoms with E-state index in [4.69, 9.17) is 18.9 Å². The second-order valence-corrected chi connectivity index (χ2v) is 7.97. The van der Waals surface area contributed by atoms with E-state index in [0.29, 0.717) is 0 Å². The van der Waals surface area contributed by atoms with Crippen LogP contribution in [0.5, 0.6) is 11.5 Å². The molecule has 2 heterocycles. The van der Waals surface area contributed by atoms with Gasteiger partial charge in [-0.05, 0) is 37.1 Å². The highest BCUT2D eigenvalue weighted by molar-refractivity contribution is 6.02. The number of carbonyl (C=O) groups is 4. The third-order valence-corrected chi connectivity index (χ3v) is 6.29. The topological polar surface area (TPSA) is 117 Å². The first-order valence-electron chi connectivity index (χ1n) is 10.4. The Kier molecular flexibility index (Phi) is 5.90. The van der Waals surface area contributed by atoms with Gasteiger partial charge in [0, 0.05) is 0 Å². The predicted molar refractivity (Wildman–Crippen MR) is 113 cm³/mol. The van der Waals surface area contributed by atoms with Gasteiger partial charge in [0.2, 0.25) is 0 Å². The minimum absolute atomic E-state index is 0.0679. The SMILES string of the molecule is COC(=O)[C@]12CC[C@](C(=O)OC)(N1)[C@@H](C(=O)Oc1ccccc1)[C@@H]2C(=O)Oc1ccccc1. The molecule has 0 unspecified atom stereocenters. The fourth-order valence-electron chi connectivity index (χ4n) is 4.89. The molecule has 2 aliphatic rings. The predicted octanol–water partition coefficient (Wildman–Crippen LogP) is 1.65. The van der Waals surface area contributed by atoms with Crippen LogP contribution in [0.4, 0.5) is 0 Å². The molecule has 0 spiro atoms. The van der Waals surface area contributed by atoms with E-state index in [1.807, 2.05) is 0 Å². The number of hydrogen-bond acceptors (Lipinski definition) is 9. The maximum absolute atomic E-state index is 13.4. The molecule has 9 nitrogen and oxygen atoms in total. The Morgan fingerprint density at radius 1 is 0.697 bits per heavy atom. The van der Waals surface area contributed by atoms with E-state index in [1.54, 1.807) is 60.7 Å². The van der Waals surface area contributed by atoms with Crippen LogP contribution in [0, 0.1) is 11.8 Å². The second kappa shape index (κ2) is 8.67. The molecule has 0 aliphatic carbocycles. The molecule has 4 rings (SSSR count). The third-order valence-electron chi connectivity index (χ3n) is 6.29. The van der Waals surface area contributed by atoms with Crippen LogP contribution in [0.1, 0.15) is 12.8 Å². The van der Waals surface area contributed by atoms with Gasteiger partial charge in [-0.15, -0.1) is 0 Å². The zero-order chi connectivity index (χ0) is 23.6. The van der Waals surface area contributed by atoms with Crippen LogP contribution < -0.4 is 14.8 Å². The first-order valence-corrected chi connectivity index (χ1v) is 10.4. The van der Waals surface area contributed by atoms with Crippen LogP contribution >= 0.6 is 0 Å². The number of rotatable bonds is 6. The number of carbonyl (C=O) groups excluding carboxylic acids is 4. The summed E-state index contributed by atoms with van der Waals surface area (Å²) in [6.45, 7) is 0. The summed E-state index contributed by atoms with van der Waals surface area (Å²) in [6.07, 6.45) is 0.136. The molecule has 0 amide bonds. The summed E-state index contributed by atoms with van der Waals surface area (Å²) in [5.74, 6) is -5.61. The van der Waals surface area contributed by atoms with Gasteiger partial charge < -0.3 is 18.9 Å². The Morgan fingerprint density at radius 2 is 1.06 bits per heavy atom. The molecule has 2 aromatic carbocycles. The van der Waals surface area contributed by atoms with E-state index in [1.165, 1.54) is 14.2 Å².